The molecule has 1 aliphatic rings. The van der Waals surface area contributed by atoms with Crippen LogP contribution in [0, 0.1) is 17.1 Å². The first kappa shape index (κ1) is 18.1. The van der Waals surface area contributed by atoms with E-state index in [-0.39, 0.29) is 5.75 Å². The van der Waals surface area contributed by atoms with Crippen LogP contribution in [0.2, 0.25) is 0 Å². The normalized spacial score (nSPS) is 15.5. The number of sulfonamides is 1. The summed E-state index contributed by atoms with van der Waals surface area (Å²) in [6, 6.07) is 13.7. The number of benzene rings is 2. The first-order chi connectivity index (χ1) is 12.3. The van der Waals surface area contributed by atoms with Gasteiger partial charge in [-0.05, 0) is 48.2 Å². The molecule has 1 aliphatic carbocycles. The molecule has 2 aromatic rings. The molecule has 0 radical (unpaired) electrons. The number of hydrogen-bond donors (Lipinski definition) is 1. The average Bonchev–Trinajstić information content (AvgIpc) is 2.55. The lowest BCUT2D eigenvalue weighted by atomic mass is 9.64. The summed E-state index contributed by atoms with van der Waals surface area (Å²) in [5, 5.41) is 8.78. The van der Waals surface area contributed by atoms with E-state index >= 15 is 0 Å². The highest BCUT2D eigenvalue weighted by atomic mass is 32.2. The fourth-order valence-corrected chi connectivity index (χ4v) is 4.30. The van der Waals surface area contributed by atoms with E-state index in [9.17, 15) is 17.6 Å². The van der Waals surface area contributed by atoms with Crippen molar-refractivity contribution in [2.24, 2.45) is 0 Å². The zero-order valence-corrected chi connectivity index (χ0v) is 14.7. The number of halogens is 1. The van der Waals surface area contributed by atoms with E-state index in [2.05, 4.69) is 4.72 Å². The molecule has 0 heterocycles. The molecular formula is C19H17FN2O3S. The van der Waals surface area contributed by atoms with E-state index in [0.717, 1.165) is 6.42 Å². The molecule has 0 saturated heterocycles. The first-order valence-corrected chi connectivity index (χ1v) is 9.80. The lowest BCUT2D eigenvalue weighted by Crippen LogP contribution is -2.51. The van der Waals surface area contributed by atoms with Crippen LogP contribution in [-0.4, -0.2) is 14.3 Å². The number of nitrogens with one attached hydrogen (secondary N) is 1. The number of carbonyl (C=O) groups is 1. The van der Waals surface area contributed by atoms with E-state index in [1.807, 2.05) is 6.07 Å². The van der Waals surface area contributed by atoms with Crippen LogP contribution in [0.5, 0.6) is 0 Å². The van der Waals surface area contributed by atoms with Crippen molar-refractivity contribution in [2.45, 2.75) is 30.4 Å². The Morgan fingerprint density at radius 2 is 1.73 bits per heavy atom. The van der Waals surface area contributed by atoms with Gasteiger partial charge in [0.05, 0.1) is 22.8 Å². The van der Waals surface area contributed by atoms with Gasteiger partial charge in [-0.2, -0.15) is 5.26 Å². The minimum absolute atomic E-state index is 0.357. The Labute approximate surface area is 151 Å². The Morgan fingerprint density at radius 1 is 1.12 bits per heavy atom. The second kappa shape index (κ2) is 6.89. The molecule has 26 heavy (non-hydrogen) atoms. The van der Waals surface area contributed by atoms with Gasteiger partial charge < -0.3 is 0 Å². The monoisotopic (exact) mass is 372 g/mol. The topological polar surface area (TPSA) is 87.0 Å². The van der Waals surface area contributed by atoms with Gasteiger partial charge in [-0.3, -0.25) is 9.52 Å². The predicted molar refractivity (Wildman–Crippen MR) is 93.9 cm³/mol. The van der Waals surface area contributed by atoms with Crippen molar-refractivity contribution < 1.29 is 17.6 Å². The summed E-state index contributed by atoms with van der Waals surface area (Å²) in [6.07, 6.45) is 1.86. The van der Waals surface area contributed by atoms with Crippen LogP contribution in [0.3, 0.4) is 0 Å². The van der Waals surface area contributed by atoms with Gasteiger partial charge in [-0.1, -0.05) is 30.7 Å². The van der Waals surface area contributed by atoms with Gasteiger partial charge in [0.2, 0.25) is 15.9 Å². The molecule has 0 aliphatic heterocycles. The van der Waals surface area contributed by atoms with Crippen LogP contribution in [0.15, 0.2) is 48.5 Å². The summed E-state index contributed by atoms with van der Waals surface area (Å²) >= 11 is 0. The second-order valence-electron chi connectivity index (χ2n) is 6.44. The summed E-state index contributed by atoms with van der Waals surface area (Å²) in [7, 11) is -3.89. The third-order valence-corrected chi connectivity index (χ3v) is 5.94. The van der Waals surface area contributed by atoms with Crippen LogP contribution in [0.1, 0.15) is 36.0 Å². The van der Waals surface area contributed by atoms with E-state index in [1.54, 1.807) is 12.1 Å². The molecule has 1 fully saturated rings. The molecule has 0 spiro atoms. The van der Waals surface area contributed by atoms with Gasteiger partial charge in [0.25, 0.3) is 0 Å². The van der Waals surface area contributed by atoms with Crippen molar-refractivity contribution in [3.8, 4) is 6.07 Å². The molecule has 0 atom stereocenters. The van der Waals surface area contributed by atoms with E-state index in [1.165, 1.54) is 36.4 Å². The number of hydrogen-bond acceptors (Lipinski definition) is 4. The van der Waals surface area contributed by atoms with Gasteiger partial charge in [0.15, 0.2) is 0 Å². The Balaban J connectivity index is 1.76. The largest absolute Gasteiger partial charge is 0.273 e. The van der Waals surface area contributed by atoms with Gasteiger partial charge in [-0.15, -0.1) is 0 Å². The molecule has 1 saturated carbocycles. The Hall–Kier alpha value is -2.72. The lowest BCUT2D eigenvalue weighted by molar-refractivity contribution is -0.128. The Bertz CT molecular complexity index is 957. The quantitative estimate of drug-likeness (QED) is 0.874. The summed E-state index contributed by atoms with van der Waals surface area (Å²) in [5.74, 6) is -1.34. The van der Waals surface area contributed by atoms with Crippen molar-refractivity contribution in [1.29, 1.82) is 5.26 Å². The highest BCUT2D eigenvalue weighted by Crippen LogP contribution is 2.44. The van der Waals surface area contributed by atoms with Crippen molar-refractivity contribution in [3.05, 3.63) is 71.0 Å². The van der Waals surface area contributed by atoms with Crippen LogP contribution >= 0.6 is 0 Å². The zero-order valence-electron chi connectivity index (χ0n) is 13.9. The summed E-state index contributed by atoms with van der Waals surface area (Å²) in [6.45, 7) is 0. The molecule has 1 N–H and O–H groups in total. The minimum atomic E-state index is -3.89. The maximum absolute atomic E-state index is 13.1. The Morgan fingerprint density at radius 3 is 2.23 bits per heavy atom. The number of rotatable bonds is 5. The number of nitriles is 1. The average molecular weight is 372 g/mol. The van der Waals surface area contributed by atoms with Crippen LogP contribution in [0.4, 0.5) is 4.39 Å². The Kier molecular flexibility index (Phi) is 4.79. The van der Waals surface area contributed by atoms with E-state index in [4.69, 9.17) is 5.26 Å². The summed E-state index contributed by atoms with van der Waals surface area (Å²) < 4.78 is 40.1. The van der Waals surface area contributed by atoms with Crippen LogP contribution in [0.25, 0.3) is 0 Å². The first-order valence-electron chi connectivity index (χ1n) is 8.15. The molecule has 7 heteroatoms. The predicted octanol–water partition coefficient (Wildman–Crippen LogP) is 2.77. The highest BCUT2D eigenvalue weighted by Gasteiger charge is 2.46. The van der Waals surface area contributed by atoms with E-state index < -0.39 is 27.2 Å². The number of nitrogens with zero attached hydrogens (tertiary/aromatic N) is 1. The minimum Gasteiger partial charge on any atom is -0.273 e. The van der Waals surface area contributed by atoms with Crippen LogP contribution in [-0.2, 0) is 26.0 Å². The smallest absolute Gasteiger partial charge is 0.244 e. The third-order valence-electron chi connectivity index (χ3n) is 4.73. The van der Waals surface area contributed by atoms with Crippen molar-refractivity contribution in [2.75, 3.05) is 0 Å². The second-order valence-corrected chi connectivity index (χ2v) is 8.16. The maximum atomic E-state index is 13.1. The molecule has 2 aromatic carbocycles. The molecule has 0 bridgehead atoms. The molecule has 5 nitrogen and oxygen atoms in total. The number of carbonyl (C=O) groups excluding carboxylic acids is 1. The molecule has 134 valence electrons. The van der Waals surface area contributed by atoms with Gasteiger partial charge >= 0.3 is 0 Å². The lowest BCUT2D eigenvalue weighted by Gasteiger charge is -2.40. The molecular weight excluding hydrogens is 355 g/mol. The third kappa shape index (κ3) is 3.60. The van der Waals surface area contributed by atoms with Gasteiger partial charge in [0, 0.05) is 0 Å². The van der Waals surface area contributed by atoms with E-state index in [0.29, 0.717) is 29.5 Å². The molecule has 0 unspecified atom stereocenters. The summed E-state index contributed by atoms with van der Waals surface area (Å²) in [5.41, 5.74) is 0.607. The maximum Gasteiger partial charge on any atom is 0.244 e. The van der Waals surface area contributed by atoms with Gasteiger partial charge in [-0.25, -0.2) is 12.8 Å². The zero-order chi connectivity index (χ0) is 18.8. The van der Waals surface area contributed by atoms with Crippen molar-refractivity contribution in [3.63, 3.8) is 0 Å². The van der Waals surface area contributed by atoms with Crippen molar-refractivity contribution in [1.82, 2.24) is 4.72 Å². The van der Waals surface area contributed by atoms with Gasteiger partial charge in [0.1, 0.15) is 5.82 Å². The van der Waals surface area contributed by atoms with Crippen molar-refractivity contribution >= 4 is 15.9 Å². The fraction of sp³-hybridized carbons (Fsp3) is 0.263. The molecule has 1 amide bonds. The number of amides is 1. The fourth-order valence-electron chi connectivity index (χ4n) is 3.12. The van der Waals surface area contributed by atoms with Crippen LogP contribution < -0.4 is 4.72 Å². The SMILES string of the molecule is N#Cc1ccc(CS(=O)(=O)NC(=O)C2(c3ccc(F)cc3)CCC2)cc1. The molecule has 3 rings (SSSR count). The standard InChI is InChI=1S/C19H17FN2O3S/c20-17-8-6-16(7-9-17)19(10-1-11-19)18(23)22-26(24,25)13-15-4-2-14(12-21)3-5-15/h2-9H,1,10-11,13H2,(H,22,23). The summed E-state index contributed by atoms with van der Waals surface area (Å²) in [4.78, 5) is 12.7. The molecule has 0 aromatic heterocycles. The highest BCUT2D eigenvalue weighted by molar-refractivity contribution is 7.89.